The molecule has 3 nitrogen and oxygen atoms in total. The number of halogens is 1. The Kier molecular flexibility index (Phi) is 3.43. The topological polar surface area (TPSA) is 45.4 Å². The van der Waals surface area contributed by atoms with Gasteiger partial charge in [-0.3, -0.25) is 0 Å². The molecular weight excluding hydrogens is 238 g/mol. The Morgan fingerprint density at radius 1 is 1.35 bits per heavy atom. The maximum absolute atomic E-state index is 9.19. The van der Waals surface area contributed by atoms with Gasteiger partial charge in [0.2, 0.25) is 0 Å². The molecule has 0 bridgehead atoms. The van der Waals surface area contributed by atoms with E-state index in [-0.39, 0.29) is 12.1 Å². The van der Waals surface area contributed by atoms with Gasteiger partial charge in [0.1, 0.15) is 5.58 Å². The van der Waals surface area contributed by atoms with Crippen LogP contribution in [0.2, 0.25) is 5.22 Å². The average Bonchev–Trinajstić information content (AvgIpc) is 2.62. The molecule has 2 rings (SSSR count). The number of aliphatic hydroxyl groups is 1. The number of rotatable bonds is 4. The highest BCUT2D eigenvalue weighted by molar-refractivity contribution is 6.30. The smallest absolute Gasteiger partial charge is 0.199 e. The van der Waals surface area contributed by atoms with Crippen molar-refractivity contribution in [2.75, 3.05) is 6.61 Å². The van der Waals surface area contributed by atoms with Crippen LogP contribution in [-0.2, 0) is 6.54 Å². The Morgan fingerprint density at radius 2 is 2.06 bits per heavy atom. The van der Waals surface area contributed by atoms with Gasteiger partial charge in [-0.1, -0.05) is 18.2 Å². The van der Waals surface area contributed by atoms with E-state index in [2.05, 4.69) is 5.32 Å². The zero-order valence-corrected chi connectivity index (χ0v) is 10.7. The summed E-state index contributed by atoms with van der Waals surface area (Å²) in [5.41, 5.74) is 1.39. The first-order valence-corrected chi connectivity index (χ1v) is 5.93. The van der Waals surface area contributed by atoms with Crippen LogP contribution in [0, 0.1) is 0 Å². The van der Waals surface area contributed by atoms with Gasteiger partial charge in [-0.05, 0) is 31.5 Å². The molecule has 0 aliphatic carbocycles. The molecule has 0 saturated heterocycles. The largest absolute Gasteiger partial charge is 0.444 e. The highest BCUT2D eigenvalue weighted by Crippen LogP contribution is 2.29. The second-order valence-electron chi connectivity index (χ2n) is 4.75. The van der Waals surface area contributed by atoms with Gasteiger partial charge in [0.25, 0.3) is 0 Å². The van der Waals surface area contributed by atoms with E-state index in [1.807, 2.05) is 38.1 Å². The van der Waals surface area contributed by atoms with Crippen LogP contribution in [-0.4, -0.2) is 17.3 Å². The SMILES string of the molecule is CC(C)(CO)NCc1c(Cl)oc2ccccc12. The van der Waals surface area contributed by atoms with Crippen LogP contribution in [0.3, 0.4) is 0 Å². The van der Waals surface area contributed by atoms with Crippen molar-refractivity contribution in [2.45, 2.75) is 25.9 Å². The summed E-state index contributed by atoms with van der Waals surface area (Å²) in [6.07, 6.45) is 0. The maximum Gasteiger partial charge on any atom is 0.199 e. The molecule has 0 atom stereocenters. The highest BCUT2D eigenvalue weighted by Gasteiger charge is 2.18. The van der Waals surface area contributed by atoms with Crippen LogP contribution < -0.4 is 5.32 Å². The first-order valence-electron chi connectivity index (χ1n) is 5.55. The predicted molar refractivity (Wildman–Crippen MR) is 69.2 cm³/mol. The van der Waals surface area contributed by atoms with Gasteiger partial charge in [-0.2, -0.15) is 0 Å². The van der Waals surface area contributed by atoms with Gasteiger partial charge in [0, 0.05) is 23.0 Å². The molecule has 0 aliphatic heterocycles. The third kappa shape index (κ3) is 2.63. The molecule has 0 aliphatic rings. The number of para-hydroxylation sites is 1. The molecule has 4 heteroatoms. The van der Waals surface area contributed by atoms with Crippen molar-refractivity contribution in [3.8, 4) is 0 Å². The van der Waals surface area contributed by atoms with Crippen LogP contribution in [0.1, 0.15) is 19.4 Å². The van der Waals surface area contributed by atoms with Crippen molar-refractivity contribution >= 4 is 22.6 Å². The number of furan rings is 1. The first-order chi connectivity index (χ1) is 8.03. The summed E-state index contributed by atoms with van der Waals surface area (Å²) < 4.78 is 5.46. The molecule has 2 N–H and O–H groups in total. The van der Waals surface area contributed by atoms with Gasteiger partial charge in [-0.15, -0.1) is 0 Å². The normalized spacial score (nSPS) is 12.2. The summed E-state index contributed by atoms with van der Waals surface area (Å²) in [4.78, 5) is 0. The Bertz CT molecular complexity index is 519. The molecule has 0 spiro atoms. The Morgan fingerprint density at radius 3 is 2.76 bits per heavy atom. The third-order valence-electron chi connectivity index (χ3n) is 2.79. The fourth-order valence-electron chi connectivity index (χ4n) is 1.62. The van der Waals surface area contributed by atoms with Crippen LogP contribution in [0.15, 0.2) is 28.7 Å². The van der Waals surface area contributed by atoms with Crippen LogP contribution in [0.5, 0.6) is 0 Å². The van der Waals surface area contributed by atoms with E-state index >= 15 is 0 Å². The van der Waals surface area contributed by atoms with Crippen molar-refractivity contribution in [1.29, 1.82) is 0 Å². The number of hydrogen-bond acceptors (Lipinski definition) is 3. The van der Waals surface area contributed by atoms with Crippen LogP contribution in [0.25, 0.3) is 11.0 Å². The van der Waals surface area contributed by atoms with Crippen LogP contribution in [0.4, 0.5) is 0 Å². The first kappa shape index (κ1) is 12.4. The molecule has 1 aromatic carbocycles. The number of hydrogen-bond donors (Lipinski definition) is 2. The van der Waals surface area contributed by atoms with Gasteiger partial charge in [-0.25, -0.2) is 0 Å². The molecule has 1 heterocycles. The Balaban J connectivity index is 2.27. The highest BCUT2D eigenvalue weighted by atomic mass is 35.5. The van der Waals surface area contributed by atoms with E-state index in [1.54, 1.807) is 0 Å². The van der Waals surface area contributed by atoms with Crippen LogP contribution >= 0.6 is 11.6 Å². The number of benzene rings is 1. The minimum atomic E-state index is -0.332. The van der Waals surface area contributed by atoms with Crippen molar-refractivity contribution in [1.82, 2.24) is 5.32 Å². The van der Waals surface area contributed by atoms with Crippen molar-refractivity contribution in [2.24, 2.45) is 0 Å². The number of nitrogens with one attached hydrogen (secondary N) is 1. The third-order valence-corrected chi connectivity index (χ3v) is 3.09. The van der Waals surface area contributed by atoms with Crippen molar-refractivity contribution in [3.05, 3.63) is 35.0 Å². The molecule has 2 aromatic rings. The molecular formula is C13H16ClNO2. The van der Waals surface area contributed by atoms with Gasteiger partial charge < -0.3 is 14.8 Å². The second-order valence-corrected chi connectivity index (χ2v) is 5.09. The summed E-state index contributed by atoms with van der Waals surface area (Å²) in [5.74, 6) is 0. The second kappa shape index (κ2) is 4.69. The molecule has 0 unspecified atom stereocenters. The van der Waals surface area contributed by atoms with Crippen molar-refractivity contribution in [3.63, 3.8) is 0 Å². The molecule has 92 valence electrons. The van der Waals surface area contributed by atoms with E-state index in [1.165, 1.54) is 0 Å². The standard InChI is InChI=1S/C13H16ClNO2/c1-13(2,8-16)15-7-10-9-5-3-4-6-11(9)17-12(10)14/h3-6,15-16H,7-8H2,1-2H3. The summed E-state index contributed by atoms with van der Waals surface area (Å²) in [5, 5.41) is 13.9. The lowest BCUT2D eigenvalue weighted by Gasteiger charge is -2.23. The minimum absolute atomic E-state index is 0.0698. The maximum atomic E-state index is 9.19. The van der Waals surface area contributed by atoms with E-state index in [0.29, 0.717) is 11.8 Å². The summed E-state index contributed by atoms with van der Waals surface area (Å²) in [7, 11) is 0. The van der Waals surface area contributed by atoms with Gasteiger partial charge in [0.05, 0.1) is 6.61 Å². The molecule has 0 saturated carbocycles. The average molecular weight is 254 g/mol. The summed E-state index contributed by atoms with van der Waals surface area (Å²) in [6, 6.07) is 7.74. The lowest BCUT2D eigenvalue weighted by atomic mass is 10.1. The van der Waals surface area contributed by atoms with E-state index in [9.17, 15) is 5.11 Å². The Hall–Kier alpha value is -1.03. The summed E-state index contributed by atoms with van der Waals surface area (Å²) in [6.45, 7) is 4.51. The fraction of sp³-hybridized carbons (Fsp3) is 0.385. The number of aliphatic hydroxyl groups excluding tert-OH is 1. The van der Waals surface area contributed by atoms with Crippen molar-refractivity contribution < 1.29 is 9.52 Å². The molecule has 17 heavy (non-hydrogen) atoms. The molecule has 0 amide bonds. The summed E-state index contributed by atoms with van der Waals surface area (Å²) >= 11 is 6.07. The lowest BCUT2D eigenvalue weighted by Crippen LogP contribution is -2.42. The van der Waals surface area contributed by atoms with E-state index in [0.717, 1.165) is 16.5 Å². The predicted octanol–water partition coefficient (Wildman–Crippen LogP) is 2.95. The molecule has 0 fully saturated rings. The van der Waals surface area contributed by atoms with E-state index in [4.69, 9.17) is 16.0 Å². The monoisotopic (exact) mass is 253 g/mol. The quantitative estimate of drug-likeness (QED) is 0.881. The molecule has 1 aromatic heterocycles. The van der Waals surface area contributed by atoms with Gasteiger partial charge in [0.15, 0.2) is 5.22 Å². The zero-order valence-electron chi connectivity index (χ0n) is 9.96. The Labute approximate surface area is 105 Å². The molecule has 0 radical (unpaired) electrons. The van der Waals surface area contributed by atoms with Gasteiger partial charge >= 0.3 is 0 Å². The number of fused-ring (bicyclic) bond motifs is 1. The fourth-order valence-corrected chi connectivity index (χ4v) is 1.87. The minimum Gasteiger partial charge on any atom is -0.444 e. The van der Waals surface area contributed by atoms with E-state index < -0.39 is 0 Å². The zero-order chi connectivity index (χ0) is 12.5. The lowest BCUT2D eigenvalue weighted by molar-refractivity contribution is 0.187.